The van der Waals surface area contributed by atoms with Gasteiger partial charge < -0.3 is 5.32 Å². The maximum atomic E-state index is 12.4. The van der Waals surface area contributed by atoms with Gasteiger partial charge >= 0.3 is 0 Å². The van der Waals surface area contributed by atoms with Gasteiger partial charge in [0, 0.05) is 25.8 Å². The molecule has 8 heteroatoms. The van der Waals surface area contributed by atoms with Crippen LogP contribution in [0.25, 0.3) is 0 Å². The number of aromatic nitrogens is 1. The van der Waals surface area contributed by atoms with Crippen LogP contribution in [0.5, 0.6) is 0 Å². The van der Waals surface area contributed by atoms with Gasteiger partial charge in [0.25, 0.3) is 0 Å². The highest BCUT2D eigenvalue weighted by Crippen LogP contribution is 2.16. The van der Waals surface area contributed by atoms with Gasteiger partial charge in [-0.3, -0.25) is 4.79 Å². The minimum absolute atomic E-state index is 0.0968. The van der Waals surface area contributed by atoms with Crippen LogP contribution in [0.4, 0.5) is 0 Å². The molecule has 26 heavy (non-hydrogen) atoms. The molecule has 0 spiro atoms. The van der Waals surface area contributed by atoms with Crippen molar-refractivity contribution in [2.45, 2.75) is 30.3 Å². The van der Waals surface area contributed by atoms with E-state index in [1.54, 1.807) is 30.5 Å². The number of amides is 1. The molecule has 1 heterocycles. The molecule has 0 bridgehead atoms. The van der Waals surface area contributed by atoms with Crippen molar-refractivity contribution in [3.8, 4) is 0 Å². The monoisotopic (exact) mass is 393 g/mol. The summed E-state index contributed by atoms with van der Waals surface area (Å²) in [5.74, 6) is 0.186. The first kappa shape index (κ1) is 20.4. The molecular weight excluding hydrogens is 370 g/mol. The fourth-order valence-electron chi connectivity index (χ4n) is 2.32. The van der Waals surface area contributed by atoms with E-state index in [1.807, 2.05) is 32.0 Å². The van der Waals surface area contributed by atoms with E-state index in [-0.39, 0.29) is 16.6 Å². The summed E-state index contributed by atoms with van der Waals surface area (Å²) in [6.07, 6.45) is 1.69. The number of nitrogens with zero attached hydrogens (tertiary/aromatic N) is 2. The Morgan fingerprint density at radius 2 is 1.81 bits per heavy atom. The predicted molar refractivity (Wildman–Crippen MR) is 103 cm³/mol. The van der Waals surface area contributed by atoms with Crippen molar-refractivity contribution in [2.75, 3.05) is 18.8 Å². The van der Waals surface area contributed by atoms with Crippen molar-refractivity contribution in [3.05, 3.63) is 54.2 Å². The highest BCUT2D eigenvalue weighted by molar-refractivity contribution is 7.99. The number of rotatable bonds is 9. The van der Waals surface area contributed by atoms with Crippen LogP contribution in [-0.4, -0.2) is 42.5 Å². The Labute approximate surface area is 159 Å². The summed E-state index contributed by atoms with van der Waals surface area (Å²) in [6.45, 7) is 4.85. The lowest BCUT2D eigenvalue weighted by atomic mass is 10.2. The standard InChI is InChI=1S/C18H23N3O3S2/c1-3-21(4-2)26(23,24)16-10-8-15(9-11-16)13-20-17(22)14-25-18-7-5-6-12-19-18/h5-12H,3-4,13-14H2,1-2H3,(H,20,22). The zero-order chi connectivity index (χ0) is 19.0. The molecule has 0 atom stereocenters. The van der Waals surface area contributed by atoms with Crippen LogP contribution in [0.3, 0.4) is 0 Å². The van der Waals surface area contributed by atoms with E-state index in [0.29, 0.717) is 19.6 Å². The molecule has 0 saturated heterocycles. The summed E-state index contributed by atoms with van der Waals surface area (Å²) >= 11 is 1.37. The molecular formula is C18H23N3O3S2. The molecule has 0 aliphatic carbocycles. The molecule has 0 saturated carbocycles. The number of thioether (sulfide) groups is 1. The molecule has 2 aromatic rings. The molecule has 1 aromatic heterocycles. The lowest BCUT2D eigenvalue weighted by molar-refractivity contribution is -0.118. The molecule has 2 rings (SSSR count). The fraction of sp³-hybridized carbons (Fsp3) is 0.333. The van der Waals surface area contributed by atoms with Crippen molar-refractivity contribution < 1.29 is 13.2 Å². The quantitative estimate of drug-likeness (QED) is 0.662. The summed E-state index contributed by atoms with van der Waals surface area (Å²) in [5, 5.41) is 3.62. The molecule has 1 amide bonds. The first-order chi connectivity index (χ1) is 12.5. The predicted octanol–water partition coefficient (Wildman–Crippen LogP) is 2.52. The van der Waals surface area contributed by atoms with Crippen molar-refractivity contribution >= 4 is 27.7 Å². The van der Waals surface area contributed by atoms with Crippen LogP contribution in [0.1, 0.15) is 19.4 Å². The third kappa shape index (κ3) is 5.55. The van der Waals surface area contributed by atoms with Gasteiger partial charge in [-0.15, -0.1) is 0 Å². The van der Waals surface area contributed by atoms with Crippen LogP contribution in [0, 0.1) is 0 Å². The number of carbonyl (C=O) groups is 1. The summed E-state index contributed by atoms with van der Waals surface area (Å²) in [7, 11) is -3.45. The van der Waals surface area contributed by atoms with Crippen LogP contribution >= 0.6 is 11.8 Å². The third-order valence-corrected chi connectivity index (χ3v) is 6.75. The minimum atomic E-state index is -3.45. The summed E-state index contributed by atoms with van der Waals surface area (Å²) in [4.78, 5) is 16.3. The topological polar surface area (TPSA) is 79.4 Å². The van der Waals surface area contributed by atoms with Crippen LogP contribution in [0.15, 0.2) is 58.6 Å². The lowest BCUT2D eigenvalue weighted by Gasteiger charge is -2.18. The van der Waals surface area contributed by atoms with Gasteiger partial charge in [0.2, 0.25) is 15.9 Å². The Bertz CT molecular complexity index is 805. The summed E-state index contributed by atoms with van der Waals surface area (Å²) in [6, 6.07) is 12.2. The first-order valence-corrected chi connectivity index (χ1v) is 10.8. The zero-order valence-electron chi connectivity index (χ0n) is 14.9. The van der Waals surface area contributed by atoms with Crippen LogP contribution in [-0.2, 0) is 21.4 Å². The molecule has 1 N–H and O–H groups in total. The number of benzene rings is 1. The molecule has 140 valence electrons. The number of pyridine rings is 1. The molecule has 1 aromatic carbocycles. The second kappa shape index (κ2) is 9.70. The zero-order valence-corrected chi connectivity index (χ0v) is 16.5. The number of sulfonamides is 1. The highest BCUT2D eigenvalue weighted by atomic mass is 32.2. The van der Waals surface area contributed by atoms with E-state index in [0.717, 1.165) is 10.6 Å². The first-order valence-electron chi connectivity index (χ1n) is 8.37. The van der Waals surface area contributed by atoms with Gasteiger partial charge in [0.15, 0.2) is 0 Å². The van der Waals surface area contributed by atoms with Gasteiger partial charge in [-0.1, -0.05) is 43.8 Å². The van der Waals surface area contributed by atoms with E-state index in [9.17, 15) is 13.2 Å². The second-order valence-electron chi connectivity index (χ2n) is 5.47. The smallest absolute Gasteiger partial charge is 0.243 e. The van der Waals surface area contributed by atoms with E-state index in [2.05, 4.69) is 10.3 Å². The maximum absolute atomic E-state index is 12.4. The van der Waals surface area contributed by atoms with E-state index in [1.165, 1.54) is 16.1 Å². The largest absolute Gasteiger partial charge is 0.351 e. The normalized spacial score (nSPS) is 11.5. The van der Waals surface area contributed by atoms with Gasteiger partial charge in [-0.25, -0.2) is 13.4 Å². The maximum Gasteiger partial charge on any atom is 0.243 e. The average molecular weight is 394 g/mol. The number of nitrogens with one attached hydrogen (secondary N) is 1. The van der Waals surface area contributed by atoms with Crippen molar-refractivity contribution in [2.24, 2.45) is 0 Å². The van der Waals surface area contributed by atoms with Crippen LogP contribution < -0.4 is 5.32 Å². The molecule has 0 aliphatic heterocycles. The van der Waals surface area contributed by atoms with Crippen LogP contribution in [0.2, 0.25) is 0 Å². The Hall–Kier alpha value is -1.90. The summed E-state index contributed by atoms with van der Waals surface area (Å²) in [5.41, 5.74) is 0.847. The van der Waals surface area contributed by atoms with Gasteiger partial charge in [0.05, 0.1) is 15.7 Å². The third-order valence-electron chi connectivity index (χ3n) is 3.75. The van der Waals surface area contributed by atoms with E-state index in [4.69, 9.17) is 0 Å². The molecule has 0 radical (unpaired) electrons. The number of carbonyl (C=O) groups excluding carboxylic acids is 1. The fourth-order valence-corrected chi connectivity index (χ4v) is 4.46. The van der Waals surface area contributed by atoms with E-state index >= 15 is 0 Å². The minimum Gasteiger partial charge on any atom is -0.351 e. The Kier molecular flexibility index (Phi) is 7.62. The molecule has 6 nitrogen and oxygen atoms in total. The molecule has 0 aliphatic rings. The van der Waals surface area contributed by atoms with Gasteiger partial charge in [-0.05, 0) is 29.8 Å². The number of hydrogen-bond donors (Lipinski definition) is 1. The molecule has 0 unspecified atom stereocenters. The SMILES string of the molecule is CCN(CC)S(=O)(=O)c1ccc(CNC(=O)CSc2ccccn2)cc1. The molecule has 0 fully saturated rings. The Balaban J connectivity index is 1.88. The van der Waals surface area contributed by atoms with Crippen molar-refractivity contribution in [1.29, 1.82) is 0 Å². The van der Waals surface area contributed by atoms with Gasteiger partial charge in [0.1, 0.15) is 0 Å². The van der Waals surface area contributed by atoms with E-state index < -0.39 is 10.0 Å². The van der Waals surface area contributed by atoms with Gasteiger partial charge in [-0.2, -0.15) is 4.31 Å². The Morgan fingerprint density at radius 1 is 1.12 bits per heavy atom. The van der Waals surface area contributed by atoms with Crippen molar-refractivity contribution in [1.82, 2.24) is 14.6 Å². The number of hydrogen-bond acceptors (Lipinski definition) is 5. The second-order valence-corrected chi connectivity index (χ2v) is 8.40. The lowest BCUT2D eigenvalue weighted by Crippen LogP contribution is -2.30. The average Bonchev–Trinajstić information content (AvgIpc) is 2.66. The summed E-state index contributed by atoms with van der Waals surface area (Å²) < 4.78 is 26.3. The highest BCUT2D eigenvalue weighted by Gasteiger charge is 2.21. The Morgan fingerprint density at radius 3 is 2.38 bits per heavy atom. The van der Waals surface area contributed by atoms with Crippen molar-refractivity contribution in [3.63, 3.8) is 0 Å².